The number of aliphatic hydroxyl groups is 1. The summed E-state index contributed by atoms with van der Waals surface area (Å²) in [4.78, 5) is 12.6. The van der Waals surface area contributed by atoms with Gasteiger partial charge in [-0.2, -0.15) is 0 Å². The van der Waals surface area contributed by atoms with Gasteiger partial charge in [-0.25, -0.2) is 0 Å². The van der Waals surface area contributed by atoms with Gasteiger partial charge in [0.2, 0.25) is 0 Å². The summed E-state index contributed by atoms with van der Waals surface area (Å²) in [5, 5.41) is 9.06. The lowest BCUT2D eigenvalue weighted by molar-refractivity contribution is -0.117. The lowest BCUT2D eigenvalue weighted by Crippen LogP contribution is -2.27. The number of ketones is 1. The van der Waals surface area contributed by atoms with Crippen molar-refractivity contribution in [3.8, 4) is 0 Å². The van der Waals surface area contributed by atoms with Crippen LogP contribution in [0.5, 0.6) is 0 Å². The van der Waals surface area contributed by atoms with Crippen molar-refractivity contribution < 1.29 is 9.90 Å². The largest absolute Gasteiger partial charge is 0.392 e. The van der Waals surface area contributed by atoms with E-state index in [2.05, 4.69) is 0 Å². The Bertz CT molecular complexity index is 136. The predicted octanol–water partition coefficient (Wildman–Crippen LogP) is 0.668. The van der Waals surface area contributed by atoms with Gasteiger partial charge in [0, 0.05) is 13.1 Å². The quantitative estimate of drug-likeness (QED) is 0.667. The number of hydrogen-bond acceptors (Lipinski definition) is 3. The molecule has 1 aliphatic heterocycles. The molecule has 0 spiro atoms. The Kier molecular flexibility index (Phi) is 5.93. The molecule has 0 aromatic carbocycles. The van der Waals surface area contributed by atoms with Gasteiger partial charge in [0.15, 0.2) is 0 Å². The molecule has 0 saturated carbocycles. The first kappa shape index (κ1) is 11.6. The van der Waals surface area contributed by atoms with E-state index in [0.717, 1.165) is 13.0 Å². The van der Waals surface area contributed by atoms with Crippen LogP contribution in [0.4, 0.5) is 0 Å². The summed E-state index contributed by atoms with van der Waals surface area (Å²) in [5.74, 6) is 0.175. The van der Waals surface area contributed by atoms with Crippen LogP contribution in [0, 0.1) is 0 Å². The van der Waals surface area contributed by atoms with Crippen molar-refractivity contribution in [3.63, 3.8) is 0 Å². The third kappa shape index (κ3) is 4.46. The summed E-state index contributed by atoms with van der Waals surface area (Å²) in [6.07, 6.45) is 0.604. The molecular weight excluding hydrogens is 154 g/mol. The fourth-order valence-electron chi connectivity index (χ4n) is 1.27. The van der Waals surface area contributed by atoms with E-state index in [1.807, 2.05) is 18.7 Å². The first-order chi connectivity index (χ1) is 5.68. The summed E-state index contributed by atoms with van der Waals surface area (Å²) in [6.45, 7) is 7.60. The second-order valence-electron chi connectivity index (χ2n) is 2.88. The number of Topliss-reactive ketones (excluding diaryl/α,β-unsaturated/α-hetero) is 1. The number of likely N-dealkylation sites (tertiary alicyclic amines) is 1. The Morgan fingerprint density at radius 3 is 2.50 bits per heavy atom. The Balaban J connectivity index is 0.000000561. The molecule has 1 atom stereocenters. The summed E-state index contributed by atoms with van der Waals surface area (Å²) >= 11 is 0. The van der Waals surface area contributed by atoms with Crippen LogP contribution in [0.25, 0.3) is 0 Å². The summed E-state index contributed by atoms with van der Waals surface area (Å²) in [7, 11) is 0. The van der Waals surface area contributed by atoms with Crippen LogP contribution < -0.4 is 0 Å². The molecule has 1 fully saturated rings. The van der Waals surface area contributed by atoms with Crippen molar-refractivity contribution in [1.82, 2.24) is 4.90 Å². The minimum absolute atomic E-state index is 0.175. The minimum atomic E-state index is -0.209. The normalized spacial score (nSPS) is 23.2. The lowest BCUT2D eigenvalue weighted by Gasteiger charge is -2.11. The van der Waals surface area contributed by atoms with E-state index in [-0.39, 0.29) is 11.9 Å². The van der Waals surface area contributed by atoms with Crippen molar-refractivity contribution in [1.29, 1.82) is 0 Å². The summed E-state index contributed by atoms with van der Waals surface area (Å²) in [6, 6.07) is 0. The molecule has 0 aliphatic carbocycles. The Labute approximate surface area is 74.4 Å². The number of nitrogens with zero attached hydrogens (tertiary/aromatic N) is 1. The van der Waals surface area contributed by atoms with Gasteiger partial charge in [0.1, 0.15) is 5.78 Å². The van der Waals surface area contributed by atoms with Gasteiger partial charge >= 0.3 is 0 Å². The molecule has 0 amide bonds. The van der Waals surface area contributed by atoms with Gasteiger partial charge in [0.25, 0.3) is 0 Å². The lowest BCUT2D eigenvalue weighted by atomic mass is 10.3. The van der Waals surface area contributed by atoms with E-state index in [1.54, 1.807) is 6.92 Å². The molecule has 72 valence electrons. The van der Waals surface area contributed by atoms with E-state index in [1.165, 1.54) is 0 Å². The molecule has 1 rings (SSSR count). The zero-order valence-corrected chi connectivity index (χ0v) is 8.21. The van der Waals surface area contributed by atoms with Crippen LogP contribution in [0.15, 0.2) is 0 Å². The average molecular weight is 173 g/mol. The maximum Gasteiger partial charge on any atom is 0.143 e. The van der Waals surface area contributed by atoms with E-state index in [4.69, 9.17) is 5.11 Å². The fraction of sp³-hybridized carbons (Fsp3) is 0.889. The molecule has 3 heteroatoms. The number of hydrogen-bond donors (Lipinski definition) is 1. The SMILES string of the molecule is CC.CC(=O)CN1CCC(O)C1. The number of rotatable bonds is 2. The van der Waals surface area contributed by atoms with Crippen LogP contribution in [-0.2, 0) is 4.79 Å². The molecular formula is C9H19NO2. The number of aliphatic hydroxyl groups excluding tert-OH is 1. The van der Waals surface area contributed by atoms with E-state index >= 15 is 0 Å². The monoisotopic (exact) mass is 173 g/mol. The second kappa shape index (κ2) is 6.14. The highest BCUT2D eigenvalue weighted by molar-refractivity contribution is 5.77. The van der Waals surface area contributed by atoms with Crippen LogP contribution in [0.2, 0.25) is 0 Å². The smallest absolute Gasteiger partial charge is 0.143 e. The van der Waals surface area contributed by atoms with Crippen LogP contribution in [0.3, 0.4) is 0 Å². The van der Waals surface area contributed by atoms with Crippen molar-refractivity contribution in [2.24, 2.45) is 0 Å². The summed E-state index contributed by atoms with van der Waals surface area (Å²) in [5.41, 5.74) is 0. The van der Waals surface area contributed by atoms with Gasteiger partial charge in [-0.15, -0.1) is 0 Å². The van der Waals surface area contributed by atoms with Gasteiger partial charge in [-0.1, -0.05) is 13.8 Å². The molecule has 1 unspecified atom stereocenters. The average Bonchev–Trinajstić information content (AvgIpc) is 2.39. The van der Waals surface area contributed by atoms with E-state index in [0.29, 0.717) is 13.1 Å². The standard InChI is InChI=1S/C7H13NO2.C2H6/c1-6(9)4-8-3-2-7(10)5-8;1-2/h7,10H,2-5H2,1H3;1-2H3. The fourth-order valence-corrected chi connectivity index (χ4v) is 1.27. The van der Waals surface area contributed by atoms with Crippen molar-refractivity contribution in [3.05, 3.63) is 0 Å². The molecule has 1 N–H and O–H groups in total. The molecule has 1 heterocycles. The number of carbonyl (C=O) groups is 1. The maximum absolute atomic E-state index is 10.6. The Morgan fingerprint density at radius 2 is 2.17 bits per heavy atom. The number of carbonyl (C=O) groups excluding carboxylic acids is 1. The van der Waals surface area contributed by atoms with Gasteiger partial charge in [-0.3, -0.25) is 9.69 Å². The molecule has 0 aromatic rings. The third-order valence-corrected chi connectivity index (χ3v) is 1.69. The van der Waals surface area contributed by atoms with Crippen LogP contribution >= 0.6 is 0 Å². The van der Waals surface area contributed by atoms with E-state index in [9.17, 15) is 4.79 Å². The first-order valence-electron chi connectivity index (χ1n) is 4.58. The number of β-amino-alcohol motifs (C(OH)–C–C–N with tert-alkyl or cyclic N) is 1. The van der Waals surface area contributed by atoms with Crippen molar-refractivity contribution in [2.45, 2.75) is 33.3 Å². The molecule has 3 nitrogen and oxygen atoms in total. The first-order valence-corrected chi connectivity index (χ1v) is 4.58. The van der Waals surface area contributed by atoms with Crippen molar-refractivity contribution in [2.75, 3.05) is 19.6 Å². The van der Waals surface area contributed by atoms with Gasteiger partial charge < -0.3 is 5.11 Å². The predicted molar refractivity (Wildman–Crippen MR) is 49.1 cm³/mol. The van der Waals surface area contributed by atoms with Crippen LogP contribution in [0.1, 0.15) is 27.2 Å². The Hall–Kier alpha value is -0.410. The van der Waals surface area contributed by atoms with Gasteiger partial charge in [-0.05, 0) is 13.3 Å². The van der Waals surface area contributed by atoms with Gasteiger partial charge in [0.05, 0.1) is 12.6 Å². The highest BCUT2D eigenvalue weighted by Gasteiger charge is 2.20. The molecule has 0 radical (unpaired) electrons. The topological polar surface area (TPSA) is 40.5 Å². The summed E-state index contributed by atoms with van der Waals surface area (Å²) < 4.78 is 0. The highest BCUT2D eigenvalue weighted by Crippen LogP contribution is 2.07. The third-order valence-electron chi connectivity index (χ3n) is 1.69. The second-order valence-corrected chi connectivity index (χ2v) is 2.88. The maximum atomic E-state index is 10.6. The minimum Gasteiger partial charge on any atom is -0.392 e. The molecule has 1 saturated heterocycles. The molecule has 0 aromatic heterocycles. The van der Waals surface area contributed by atoms with Crippen molar-refractivity contribution >= 4 is 5.78 Å². The zero-order valence-electron chi connectivity index (χ0n) is 8.21. The zero-order chi connectivity index (χ0) is 9.56. The van der Waals surface area contributed by atoms with Crippen LogP contribution in [-0.4, -0.2) is 41.5 Å². The molecule has 0 bridgehead atoms. The molecule has 12 heavy (non-hydrogen) atoms. The molecule has 1 aliphatic rings. The Morgan fingerprint density at radius 1 is 1.58 bits per heavy atom. The van der Waals surface area contributed by atoms with E-state index < -0.39 is 0 Å². The highest BCUT2D eigenvalue weighted by atomic mass is 16.3.